The molecule has 0 fully saturated rings. The van der Waals surface area contributed by atoms with E-state index in [-0.39, 0.29) is 11.5 Å². The van der Waals surface area contributed by atoms with E-state index in [0.29, 0.717) is 36.3 Å². The number of ketones is 1. The highest BCUT2D eigenvalue weighted by Gasteiger charge is 2.27. The predicted octanol–water partition coefficient (Wildman–Crippen LogP) is 4.13. The number of phenols is 1. The molecule has 0 heterocycles. The number of hydrogen-bond acceptors (Lipinski definition) is 7. The van der Waals surface area contributed by atoms with Crippen LogP contribution in [0.1, 0.15) is 48.7 Å². The number of hydrogen-bond donors (Lipinski definition) is 4. The smallest absolute Gasteiger partial charge is 0.412 e. The molecule has 2 aromatic rings. The molecule has 4 N–H and O–H groups in total. The number of nitrogens with one attached hydrogen (secondary N) is 2. The lowest BCUT2D eigenvalue weighted by atomic mass is 10.00. The Morgan fingerprint density at radius 1 is 1.06 bits per heavy atom. The fourth-order valence-corrected chi connectivity index (χ4v) is 3.10. The van der Waals surface area contributed by atoms with Crippen molar-refractivity contribution in [2.24, 2.45) is 0 Å². The zero-order valence-electron chi connectivity index (χ0n) is 18.5. The van der Waals surface area contributed by atoms with Crippen molar-refractivity contribution in [1.29, 1.82) is 0 Å². The van der Waals surface area contributed by atoms with Gasteiger partial charge < -0.3 is 14.6 Å². The molecule has 9 nitrogen and oxygen atoms in total. The van der Waals surface area contributed by atoms with E-state index in [1.165, 1.54) is 30.6 Å². The van der Waals surface area contributed by atoms with Gasteiger partial charge in [-0.15, -0.1) is 0 Å². The maximum absolute atomic E-state index is 12.6. The number of carbonyl (C=O) groups excluding carboxylic acids is 3. The highest BCUT2D eigenvalue weighted by atomic mass is 16.6. The van der Waals surface area contributed by atoms with Crippen molar-refractivity contribution in [3.05, 3.63) is 71.8 Å². The van der Waals surface area contributed by atoms with Gasteiger partial charge in [-0.25, -0.2) is 10.3 Å². The molecule has 2 atom stereocenters. The first-order valence-electron chi connectivity index (χ1n) is 10.4. The lowest BCUT2D eigenvalue weighted by molar-refractivity contribution is -0.124. The molecule has 0 aliphatic heterocycles. The van der Waals surface area contributed by atoms with E-state index in [9.17, 15) is 19.5 Å². The third-order valence-corrected chi connectivity index (χ3v) is 4.71. The third-order valence-electron chi connectivity index (χ3n) is 4.71. The molecule has 0 aromatic heterocycles. The lowest BCUT2D eigenvalue weighted by Gasteiger charge is -2.27. The first kappa shape index (κ1) is 25.6. The van der Waals surface area contributed by atoms with Crippen molar-refractivity contribution in [3.63, 3.8) is 0 Å². The SMILES string of the molecule is CCO[C@@H](CC/C=C/C(=O)NO)[C@@H](OC(=O)Nc1ccc(C(C)=O)cc1)c1ccc(O)cc1. The summed E-state index contributed by atoms with van der Waals surface area (Å²) >= 11 is 0. The van der Waals surface area contributed by atoms with Crippen LogP contribution in [-0.4, -0.2) is 40.8 Å². The van der Waals surface area contributed by atoms with Gasteiger partial charge in [0.1, 0.15) is 5.75 Å². The van der Waals surface area contributed by atoms with Gasteiger partial charge in [0.15, 0.2) is 11.9 Å². The fraction of sp³-hybridized carbons (Fsp3) is 0.292. The minimum Gasteiger partial charge on any atom is -0.508 e. The van der Waals surface area contributed by atoms with Crippen molar-refractivity contribution in [2.75, 3.05) is 11.9 Å². The number of rotatable bonds is 11. The molecule has 0 spiro atoms. The summed E-state index contributed by atoms with van der Waals surface area (Å²) in [6.45, 7) is 3.63. The van der Waals surface area contributed by atoms with Gasteiger partial charge in [0, 0.05) is 23.9 Å². The van der Waals surface area contributed by atoms with E-state index in [1.54, 1.807) is 42.5 Å². The summed E-state index contributed by atoms with van der Waals surface area (Å²) in [6.07, 6.45) is 1.52. The second kappa shape index (κ2) is 13.0. The zero-order valence-corrected chi connectivity index (χ0v) is 18.5. The highest BCUT2D eigenvalue weighted by molar-refractivity contribution is 5.95. The molecule has 0 unspecified atom stereocenters. The van der Waals surface area contributed by atoms with E-state index < -0.39 is 24.2 Å². The maximum Gasteiger partial charge on any atom is 0.412 e. The molecule has 0 aliphatic rings. The Balaban J connectivity index is 2.17. The minimum atomic E-state index is -0.804. The number of hydroxylamine groups is 1. The Morgan fingerprint density at radius 3 is 2.30 bits per heavy atom. The average Bonchev–Trinajstić information content (AvgIpc) is 2.80. The van der Waals surface area contributed by atoms with Crippen LogP contribution < -0.4 is 10.8 Å². The summed E-state index contributed by atoms with van der Waals surface area (Å²) < 4.78 is 11.5. The molecule has 176 valence electrons. The first-order chi connectivity index (χ1) is 15.8. The van der Waals surface area contributed by atoms with Gasteiger partial charge in [-0.3, -0.25) is 20.1 Å². The quantitative estimate of drug-likeness (QED) is 0.173. The molecule has 0 saturated heterocycles. The van der Waals surface area contributed by atoms with E-state index in [2.05, 4.69) is 5.32 Å². The fourth-order valence-electron chi connectivity index (χ4n) is 3.10. The van der Waals surface area contributed by atoms with Crippen molar-refractivity contribution in [3.8, 4) is 5.75 Å². The Morgan fingerprint density at radius 2 is 1.73 bits per heavy atom. The second-order valence-corrected chi connectivity index (χ2v) is 7.13. The Kier molecular flexibility index (Phi) is 10.1. The molecule has 2 rings (SSSR count). The number of allylic oxidation sites excluding steroid dienone is 1. The number of ether oxygens (including phenoxy) is 2. The maximum atomic E-state index is 12.6. The molecule has 0 bridgehead atoms. The number of carbonyl (C=O) groups is 3. The van der Waals surface area contributed by atoms with Crippen molar-refractivity contribution >= 4 is 23.5 Å². The van der Waals surface area contributed by atoms with E-state index in [4.69, 9.17) is 14.7 Å². The van der Waals surface area contributed by atoms with Crippen molar-refractivity contribution < 1.29 is 34.2 Å². The summed E-state index contributed by atoms with van der Waals surface area (Å²) in [7, 11) is 0. The van der Waals surface area contributed by atoms with Gasteiger partial charge in [-0.05, 0) is 68.7 Å². The highest BCUT2D eigenvalue weighted by Crippen LogP contribution is 2.29. The van der Waals surface area contributed by atoms with E-state index in [1.807, 2.05) is 6.92 Å². The Bertz CT molecular complexity index is 956. The third kappa shape index (κ3) is 8.40. The van der Waals surface area contributed by atoms with Crippen LogP contribution in [0, 0.1) is 0 Å². The minimum absolute atomic E-state index is 0.0680. The van der Waals surface area contributed by atoms with Crippen LogP contribution in [-0.2, 0) is 14.3 Å². The molecule has 0 radical (unpaired) electrons. The molecular weight excluding hydrogens is 428 g/mol. The topological polar surface area (TPSA) is 134 Å². The molecule has 0 aliphatic carbocycles. The molecule has 33 heavy (non-hydrogen) atoms. The van der Waals surface area contributed by atoms with Crippen LogP contribution in [0.5, 0.6) is 5.75 Å². The number of aromatic hydroxyl groups is 1. The van der Waals surface area contributed by atoms with Crippen LogP contribution in [0.15, 0.2) is 60.7 Å². The number of anilines is 1. The van der Waals surface area contributed by atoms with Gasteiger partial charge in [0.25, 0.3) is 5.91 Å². The number of phenolic OH excluding ortho intramolecular Hbond substituents is 1. The number of amides is 2. The lowest BCUT2D eigenvalue weighted by Crippen LogP contribution is -2.29. The summed E-state index contributed by atoms with van der Waals surface area (Å²) in [5.74, 6) is -0.663. The number of benzene rings is 2. The van der Waals surface area contributed by atoms with Crippen molar-refractivity contribution in [1.82, 2.24) is 5.48 Å². The Hall–Kier alpha value is -3.69. The molecule has 9 heteroatoms. The van der Waals surface area contributed by atoms with Crippen molar-refractivity contribution in [2.45, 2.75) is 38.9 Å². The summed E-state index contributed by atoms with van der Waals surface area (Å²) in [5, 5.41) is 20.8. The first-order valence-corrected chi connectivity index (χ1v) is 10.4. The molecular formula is C24H28N2O7. The van der Waals surface area contributed by atoms with Crippen LogP contribution in [0.3, 0.4) is 0 Å². The molecule has 0 saturated carbocycles. The standard InChI is InChI=1S/C24H28N2O7/c1-3-32-21(6-4-5-7-22(29)26-31)23(18-10-14-20(28)15-11-18)33-24(30)25-19-12-8-17(9-13-19)16(2)27/h5,7-15,21,23,28,31H,3-4,6H2,1-2H3,(H,25,30)(H,26,29)/b7-5+/t21-,23-/m0/s1. The molecule has 2 amide bonds. The second-order valence-electron chi connectivity index (χ2n) is 7.13. The van der Waals surface area contributed by atoms with Crippen LogP contribution >= 0.6 is 0 Å². The normalized spacial score (nSPS) is 12.7. The zero-order chi connectivity index (χ0) is 24.2. The van der Waals surface area contributed by atoms with Crippen LogP contribution in [0.2, 0.25) is 0 Å². The van der Waals surface area contributed by atoms with Gasteiger partial charge in [-0.2, -0.15) is 0 Å². The van der Waals surface area contributed by atoms with Crippen LogP contribution in [0.25, 0.3) is 0 Å². The Labute approximate surface area is 192 Å². The van der Waals surface area contributed by atoms with Gasteiger partial charge in [0.2, 0.25) is 0 Å². The van der Waals surface area contributed by atoms with E-state index >= 15 is 0 Å². The van der Waals surface area contributed by atoms with Gasteiger partial charge in [0.05, 0.1) is 6.10 Å². The largest absolute Gasteiger partial charge is 0.508 e. The van der Waals surface area contributed by atoms with E-state index in [0.717, 1.165) is 0 Å². The summed E-state index contributed by atoms with van der Waals surface area (Å²) in [6, 6.07) is 12.7. The predicted molar refractivity (Wildman–Crippen MR) is 121 cm³/mol. The summed E-state index contributed by atoms with van der Waals surface area (Å²) in [4.78, 5) is 35.2. The summed E-state index contributed by atoms with van der Waals surface area (Å²) in [5.41, 5.74) is 3.11. The van der Waals surface area contributed by atoms with Crippen LogP contribution in [0.4, 0.5) is 10.5 Å². The monoisotopic (exact) mass is 456 g/mol. The molecule has 2 aromatic carbocycles. The van der Waals surface area contributed by atoms with Gasteiger partial charge in [-0.1, -0.05) is 18.2 Å². The average molecular weight is 456 g/mol. The number of Topliss-reactive ketones (excluding diaryl/α,β-unsaturated/α-hetero) is 1. The van der Waals surface area contributed by atoms with Gasteiger partial charge >= 0.3 is 6.09 Å².